The standard InChI is InChI=1S/C17H14NO6P/c1-23-25(22,24-2)17-15(11-6-4-3-5-7-11)13-9-8-12(18(20)21)10-14(13)16(17)19/h3-10H,1-2H3. The number of rotatable bonds is 5. The summed E-state index contributed by atoms with van der Waals surface area (Å²) >= 11 is 0. The second kappa shape index (κ2) is 6.37. The lowest BCUT2D eigenvalue weighted by Crippen LogP contribution is -2.03. The van der Waals surface area contributed by atoms with E-state index in [4.69, 9.17) is 9.05 Å². The van der Waals surface area contributed by atoms with Crippen molar-refractivity contribution in [2.75, 3.05) is 14.2 Å². The number of carbonyl (C=O) groups is 1. The van der Waals surface area contributed by atoms with Gasteiger partial charge in [-0.2, -0.15) is 0 Å². The maximum Gasteiger partial charge on any atom is 0.365 e. The van der Waals surface area contributed by atoms with E-state index in [0.29, 0.717) is 16.7 Å². The van der Waals surface area contributed by atoms with Crippen LogP contribution >= 0.6 is 7.60 Å². The minimum Gasteiger partial charge on any atom is -0.308 e. The first-order valence-corrected chi connectivity index (χ1v) is 8.82. The Morgan fingerprint density at radius 1 is 1.00 bits per heavy atom. The number of Topliss-reactive ketones (excluding diaryl/α,β-unsaturated/α-hetero) is 1. The fourth-order valence-electron chi connectivity index (χ4n) is 2.84. The van der Waals surface area contributed by atoms with E-state index in [1.165, 1.54) is 32.4 Å². The molecule has 1 aliphatic rings. The number of hydrogen-bond donors (Lipinski definition) is 0. The Labute approximate surface area is 143 Å². The Kier molecular flexibility index (Phi) is 4.39. The first kappa shape index (κ1) is 17.2. The van der Waals surface area contributed by atoms with Crippen LogP contribution in [0.25, 0.3) is 5.57 Å². The Morgan fingerprint density at radius 3 is 2.20 bits per heavy atom. The molecule has 2 aromatic carbocycles. The Hall–Kier alpha value is -2.60. The third kappa shape index (κ3) is 2.72. The molecule has 1 aliphatic carbocycles. The average Bonchev–Trinajstić information content (AvgIpc) is 2.94. The van der Waals surface area contributed by atoms with Crippen LogP contribution in [0.1, 0.15) is 21.5 Å². The van der Waals surface area contributed by atoms with Crippen molar-refractivity contribution in [1.82, 2.24) is 0 Å². The van der Waals surface area contributed by atoms with Crippen LogP contribution in [0.5, 0.6) is 0 Å². The summed E-state index contributed by atoms with van der Waals surface area (Å²) in [5.41, 5.74) is 1.41. The van der Waals surface area contributed by atoms with Crippen LogP contribution in [-0.2, 0) is 13.6 Å². The molecule has 0 radical (unpaired) electrons. The molecular formula is C17H14NO6P. The van der Waals surface area contributed by atoms with E-state index in [1.54, 1.807) is 24.3 Å². The van der Waals surface area contributed by atoms with Gasteiger partial charge in [-0.1, -0.05) is 30.3 Å². The lowest BCUT2D eigenvalue weighted by Gasteiger charge is -2.16. The average molecular weight is 359 g/mol. The van der Waals surface area contributed by atoms with Gasteiger partial charge in [0.25, 0.3) is 5.69 Å². The van der Waals surface area contributed by atoms with Crippen molar-refractivity contribution in [3.63, 3.8) is 0 Å². The summed E-state index contributed by atoms with van der Waals surface area (Å²) in [4.78, 5) is 23.3. The fourth-order valence-corrected chi connectivity index (χ4v) is 4.24. The number of hydrogen-bond acceptors (Lipinski definition) is 6. The maximum absolute atomic E-state index is 13.0. The quantitative estimate of drug-likeness (QED) is 0.454. The molecule has 0 aromatic heterocycles. The first-order valence-electron chi connectivity index (χ1n) is 7.28. The fraction of sp³-hybridized carbons (Fsp3) is 0.118. The van der Waals surface area contributed by atoms with Crippen molar-refractivity contribution in [3.05, 3.63) is 80.6 Å². The molecule has 0 N–H and O–H groups in total. The van der Waals surface area contributed by atoms with Crippen LogP contribution < -0.4 is 0 Å². The largest absolute Gasteiger partial charge is 0.365 e. The maximum atomic E-state index is 13.0. The normalized spacial score (nSPS) is 13.9. The van der Waals surface area contributed by atoms with Crippen LogP contribution in [0.2, 0.25) is 0 Å². The molecule has 8 heteroatoms. The SMILES string of the molecule is COP(=O)(OC)C1=C(c2ccccc2)c2ccc([N+](=O)[O-])cc2C1=O. The van der Waals surface area contributed by atoms with Gasteiger partial charge in [-0.3, -0.25) is 19.5 Å². The van der Waals surface area contributed by atoms with E-state index in [-0.39, 0.29) is 16.6 Å². The summed E-state index contributed by atoms with van der Waals surface area (Å²) in [5, 5.41) is 10.9. The summed E-state index contributed by atoms with van der Waals surface area (Å²) in [6.07, 6.45) is 0. The zero-order valence-corrected chi connectivity index (χ0v) is 14.4. The van der Waals surface area contributed by atoms with E-state index in [0.717, 1.165) is 0 Å². The summed E-state index contributed by atoms with van der Waals surface area (Å²) in [6, 6.07) is 12.9. The van der Waals surface area contributed by atoms with Gasteiger partial charge in [-0.15, -0.1) is 0 Å². The highest BCUT2D eigenvalue weighted by Gasteiger charge is 2.43. The van der Waals surface area contributed by atoms with Gasteiger partial charge in [-0.05, 0) is 17.2 Å². The number of benzene rings is 2. The molecule has 0 spiro atoms. The number of nitro benzene ring substituents is 1. The van der Waals surface area contributed by atoms with E-state index in [9.17, 15) is 19.5 Å². The van der Waals surface area contributed by atoms with Crippen LogP contribution in [-0.4, -0.2) is 24.9 Å². The van der Waals surface area contributed by atoms with Crippen molar-refractivity contribution < 1.29 is 23.3 Å². The molecule has 0 heterocycles. The molecule has 3 rings (SSSR count). The second-order valence-corrected chi connectivity index (χ2v) is 7.44. The van der Waals surface area contributed by atoms with E-state index in [1.807, 2.05) is 6.07 Å². The number of allylic oxidation sites excluding steroid dienone is 1. The zero-order valence-electron chi connectivity index (χ0n) is 13.5. The highest BCUT2D eigenvalue weighted by molar-refractivity contribution is 7.60. The summed E-state index contributed by atoms with van der Waals surface area (Å²) < 4.78 is 23.0. The molecule has 0 bridgehead atoms. The first-order chi connectivity index (χ1) is 11.9. The summed E-state index contributed by atoms with van der Waals surface area (Å²) in [6.45, 7) is 0. The van der Waals surface area contributed by atoms with Gasteiger partial charge in [0.2, 0.25) is 5.78 Å². The third-order valence-corrected chi connectivity index (χ3v) is 5.93. The van der Waals surface area contributed by atoms with Crippen molar-refractivity contribution in [2.24, 2.45) is 0 Å². The van der Waals surface area contributed by atoms with E-state index >= 15 is 0 Å². The van der Waals surface area contributed by atoms with Crippen LogP contribution in [0, 0.1) is 10.1 Å². The van der Waals surface area contributed by atoms with Gasteiger partial charge in [0.15, 0.2) is 0 Å². The van der Waals surface area contributed by atoms with Crippen molar-refractivity contribution >= 4 is 24.6 Å². The Bertz CT molecular complexity index is 943. The molecule has 7 nitrogen and oxygen atoms in total. The number of nitro groups is 1. The summed E-state index contributed by atoms with van der Waals surface area (Å²) in [5.74, 6) is -0.593. The van der Waals surface area contributed by atoms with Crippen molar-refractivity contribution in [1.29, 1.82) is 0 Å². The van der Waals surface area contributed by atoms with E-state index < -0.39 is 18.3 Å². The lowest BCUT2D eigenvalue weighted by molar-refractivity contribution is -0.384. The summed E-state index contributed by atoms with van der Waals surface area (Å²) in [7, 11) is -1.48. The molecule has 0 unspecified atom stereocenters. The number of ketones is 1. The number of nitrogens with zero attached hydrogens (tertiary/aromatic N) is 1. The smallest absolute Gasteiger partial charge is 0.308 e. The van der Waals surface area contributed by atoms with E-state index in [2.05, 4.69) is 0 Å². The van der Waals surface area contributed by atoms with Gasteiger partial charge in [-0.25, -0.2) is 0 Å². The van der Waals surface area contributed by atoms with Crippen LogP contribution in [0.15, 0.2) is 53.8 Å². The molecule has 0 aliphatic heterocycles. The Balaban J connectivity index is 2.33. The number of non-ortho nitro benzene ring substituents is 1. The molecule has 128 valence electrons. The van der Waals surface area contributed by atoms with Crippen molar-refractivity contribution in [3.8, 4) is 0 Å². The predicted octanol–water partition coefficient (Wildman–Crippen LogP) is 4.04. The van der Waals surface area contributed by atoms with Crippen molar-refractivity contribution in [2.45, 2.75) is 0 Å². The molecule has 0 amide bonds. The molecule has 2 aromatic rings. The Morgan fingerprint density at radius 2 is 1.64 bits per heavy atom. The van der Waals surface area contributed by atoms with Gasteiger partial charge in [0.1, 0.15) is 5.31 Å². The van der Waals surface area contributed by atoms with Crippen LogP contribution in [0.4, 0.5) is 5.69 Å². The van der Waals surface area contributed by atoms with Gasteiger partial charge in [0.05, 0.1) is 4.92 Å². The van der Waals surface area contributed by atoms with Gasteiger partial charge >= 0.3 is 7.60 Å². The molecule has 0 atom stereocenters. The van der Waals surface area contributed by atoms with Gasteiger partial charge < -0.3 is 9.05 Å². The molecular weight excluding hydrogens is 345 g/mol. The third-order valence-electron chi connectivity index (χ3n) is 4.00. The highest BCUT2D eigenvalue weighted by Crippen LogP contribution is 2.61. The highest BCUT2D eigenvalue weighted by atomic mass is 31.2. The monoisotopic (exact) mass is 359 g/mol. The molecule has 0 saturated heterocycles. The molecule has 0 fully saturated rings. The zero-order chi connectivity index (χ0) is 18.2. The second-order valence-electron chi connectivity index (χ2n) is 5.27. The van der Waals surface area contributed by atoms with Crippen LogP contribution in [0.3, 0.4) is 0 Å². The minimum absolute atomic E-state index is 0.109. The van der Waals surface area contributed by atoms with Gasteiger partial charge in [0, 0.05) is 37.5 Å². The molecule has 0 saturated carbocycles. The lowest BCUT2D eigenvalue weighted by atomic mass is 9.99. The topological polar surface area (TPSA) is 95.7 Å². The number of carbonyl (C=O) groups excluding carboxylic acids is 1. The predicted molar refractivity (Wildman–Crippen MR) is 91.5 cm³/mol. The minimum atomic E-state index is -3.87. The number of fused-ring (bicyclic) bond motifs is 1. The molecule has 25 heavy (non-hydrogen) atoms.